The summed E-state index contributed by atoms with van der Waals surface area (Å²) in [5.41, 5.74) is 3.34. The van der Waals surface area contributed by atoms with Gasteiger partial charge in [0.15, 0.2) is 0 Å². The molecule has 86 valence electrons. The zero-order valence-electron chi connectivity index (χ0n) is 9.56. The number of hydrogen-bond acceptors (Lipinski definition) is 3. The van der Waals surface area contributed by atoms with Crippen molar-refractivity contribution in [1.82, 2.24) is 0 Å². The highest BCUT2D eigenvalue weighted by Crippen LogP contribution is 2.19. The van der Waals surface area contributed by atoms with E-state index < -0.39 is 0 Å². The van der Waals surface area contributed by atoms with Crippen LogP contribution in [0.4, 0.5) is 0 Å². The fourth-order valence-corrected chi connectivity index (χ4v) is 1.50. The molecule has 3 nitrogen and oxygen atoms in total. The van der Waals surface area contributed by atoms with E-state index in [-0.39, 0.29) is 6.61 Å². The molecule has 0 aliphatic carbocycles. The van der Waals surface area contributed by atoms with Crippen LogP contribution in [0.5, 0.6) is 0 Å². The van der Waals surface area contributed by atoms with Crippen molar-refractivity contribution in [3.05, 3.63) is 41.0 Å². The topological polar surface area (TPSA) is 46.5 Å². The minimum absolute atomic E-state index is 0.0367. The molecule has 0 unspecified atom stereocenters. The Hall–Kier alpha value is -1.45. The van der Waals surface area contributed by atoms with E-state index >= 15 is 0 Å². The van der Waals surface area contributed by atoms with Gasteiger partial charge < -0.3 is 9.84 Å². The van der Waals surface area contributed by atoms with Crippen molar-refractivity contribution in [2.75, 3.05) is 20.3 Å². The first kappa shape index (κ1) is 12.6. The van der Waals surface area contributed by atoms with Gasteiger partial charge in [-0.3, -0.25) is 4.79 Å². The Bertz CT molecular complexity index is 394. The molecule has 0 bridgehead atoms. The van der Waals surface area contributed by atoms with Gasteiger partial charge >= 0.3 is 0 Å². The molecule has 0 aromatic heterocycles. The maximum Gasteiger partial charge on any atom is 0.150 e. The third-order valence-corrected chi connectivity index (χ3v) is 2.50. The first-order valence-corrected chi connectivity index (χ1v) is 5.07. The van der Waals surface area contributed by atoms with Gasteiger partial charge in [-0.15, -0.1) is 0 Å². The number of benzene rings is 1. The van der Waals surface area contributed by atoms with Crippen molar-refractivity contribution in [2.24, 2.45) is 0 Å². The van der Waals surface area contributed by atoms with Gasteiger partial charge in [0.2, 0.25) is 0 Å². The second kappa shape index (κ2) is 6.20. The molecule has 0 aliphatic heterocycles. The molecule has 1 rings (SSSR count). The molecule has 0 aliphatic rings. The second-order valence-electron chi connectivity index (χ2n) is 3.56. The van der Waals surface area contributed by atoms with Gasteiger partial charge in [-0.2, -0.15) is 0 Å². The molecule has 0 spiro atoms. The Morgan fingerprint density at radius 3 is 2.81 bits per heavy atom. The van der Waals surface area contributed by atoms with Crippen LogP contribution in [0.3, 0.4) is 0 Å². The van der Waals surface area contributed by atoms with E-state index in [1.165, 1.54) is 0 Å². The van der Waals surface area contributed by atoms with E-state index in [1.54, 1.807) is 19.2 Å². The molecule has 0 fully saturated rings. The van der Waals surface area contributed by atoms with E-state index in [9.17, 15) is 9.90 Å². The third kappa shape index (κ3) is 3.02. The van der Waals surface area contributed by atoms with Crippen molar-refractivity contribution in [2.45, 2.75) is 6.92 Å². The van der Waals surface area contributed by atoms with Gasteiger partial charge in [0.05, 0.1) is 13.2 Å². The number of ether oxygens (including phenoxy) is 1. The van der Waals surface area contributed by atoms with Crippen LogP contribution in [0.25, 0.3) is 5.57 Å². The zero-order valence-corrected chi connectivity index (χ0v) is 9.56. The summed E-state index contributed by atoms with van der Waals surface area (Å²) < 4.78 is 5.01. The molecular formula is C13H16O3. The molecule has 1 aromatic rings. The zero-order chi connectivity index (χ0) is 12.0. The maximum atomic E-state index is 10.7. The lowest BCUT2D eigenvalue weighted by Crippen LogP contribution is -2.02. The van der Waals surface area contributed by atoms with Crippen LogP contribution in [0.15, 0.2) is 29.8 Å². The van der Waals surface area contributed by atoms with E-state index in [2.05, 4.69) is 0 Å². The number of rotatable bonds is 5. The van der Waals surface area contributed by atoms with Gasteiger partial charge in [0, 0.05) is 12.7 Å². The highest BCUT2D eigenvalue weighted by Gasteiger charge is 2.04. The number of aliphatic hydroxyl groups is 1. The van der Waals surface area contributed by atoms with Crippen molar-refractivity contribution >= 4 is 11.9 Å². The van der Waals surface area contributed by atoms with Crippen LogP contribution in [-0.2, 0) is 4.74 Å². The van der Waals surface area contributed by atoms with Gasteiger partial charge in [0.25, 0.3) is 0 Å². The number of carbonyl (C=O) groups excluding carboxylic acids is 1. The van der Waals surface area contributed by atoms with Crippen LogP contribution in [-0.4, -0.2) is 31.7 Å². The quantitative estimate of drug-likeness (QED) is 0.771. The molecule has 0 radical (unpaired) electrons. The van der Waals surface area contributed by atoms with Crippen LogP contribution in [0.2, 0.25) is 0 Å². The number of allylic oxidation sites excluding steroid dienone is 1. The van der Waals surface area contributed by atoms with Crippen molar-refractivity contribution in [3.8, 4) is 0 Å². The minimum atomic E-state index is -0.0367. The molecule has 0 heterocycles. The van der Waals surface area contributed by atoms with Gasteiger partial charge in [-0.1, -0.05) is 18.2 Å². The summed E-state index contributed by atoms with van der Waals surface area (Å²) in [7, 11) is 1.59. The molecule has 1 N–H and O–H groups in total. The molecule has 16 heavy (non-hydrogen) atoms. The molecule has 3 heteroatoms. The summed E-state index contributed by atoms with van der Waals surface area (Å²) in [6.07, 6.45) is 0.811. The monoisotopic (exact) mass is 220 g/mol. The van der Waals surface area contributed by atoms with Crippen molar-refractivity contribution in [3.63, 3.8) is 0 Å². The predicted octanol–water partition coefficient (Wildman–Crippen LogP) is 1.91. The van der Waals surface area contributed by atoms with Crippen LogP contribution in [0, 0.1) is 0 Å². The summed E-state index contributed by atoms with van der Waals surface area (Å²) in [5.74, 6) is 0. The predicted molar refractivity (Wildman–Crippen MR) is 63.4 cm³/mol. The van der Waals surface area contributed by atoms with Crippen LogP contribution >= 0.6 is 0 Å². The summed E-state index contributed by atoms with van der Waals surface area (Å²) in [6.45, 7) is 2.27. The van der Waals surface area contributed by atoms with Crippen molar-refractivity contribution in [1.29, 1.82) is 0 Å². The summed E-state index contributed by atoms with van der Waals surface area (Å²) in [6, 6.07) is 7.28. The smallest absolute Gasteiger partial charge is 0.150 e. The fraction of sp³-hybridized carbons (Fsp3) is 0.308. The molecule has 0 amide bonds. The lowest BCUT2D eigenvalue weighted by Gasteiger charge is -2.09. The summed E-state index contributed by atoms with van der Waals surface area (Å²) in [4.78, 5) is 10.7. The number of methoxy groups -OCH3 is 1. The molecular weight excluding hydrogens is 204 g/mol. The number of carbonyl (C=O) groups is 1. The Labute approximate surface area is 95.4 Å². The van der Waals surface area contributed by atoms with E-state index in [4.69, 9.17) is 4.74 Å². The number of aliphatic hydroxyl groups excluding tert-OH is 1. The van der Waals surface area contributed by atoms with Crippen LogP contribution in [0.1, 0.15) is 22.8 Å². The Morgan fingerprint density at radius 1 is 1.50 bits per heavy atom. The van der Waals surface area contributed by atoms with Gasteiger partial charge in [0.1, 0.15) is 6.29 Å². The molecule has 0 saturated carbocycles. The minimum Gasteiger partial charge on any atom is -0.392 e. The van der Waals surface area contributed by atoms with Crippen molar-refractivity contribution < 1.29 is 14.6 Å². The van der Waals surface area contributed by atoms with E-state index in [0.717, 1.165) is 23.0 Å². The fourth-order valence-electron chi connectivity index (χ4n) is 1.50. The lowest BCUT2D eigenvalue weighted by atomic mass is 10.0. The Balaban J connectivity index is 3.09. The largest absolute Gasteiger partial charge is 0.392 e. The number of hydrogen-bond donors (Lipinski definition) is 1. The highest BCUT2D eigenvalue weighted by atomic mass is 16.5. The Morgan fingerprint density at radius 2 is 2.25 bits per heavy atom. The first-order valence-electron chi connectivity index (χ1n) is 5.07. The van der Waals surface area contributed by atoms with E-state index in [0.29, 0.717) is 12.2 Å². The highest BCUT2D eigenvalue weighted by molar-refractivity contribution is 5.78. The summed E-state index contributed by atoms with van der Waals surface area (Å²) >= 11 is 0. The van der Waals surface area contributed by atoms with Crippen LogP contribution < -0.4 is 0 Å². The lowest BCUT2D eigenvalue weighted by molar-refractivity contribution is 0.112. The number of aldehydes is 1. The summed E-state index contributed by atoms with van der Waals surface area (Å²) in [5, 5.41) is 9.21. The molecule has 0 atom stereocenters. The maximum absolute atomic E-state index is 10.7. The average Bonchev–Trinajstić information content (AvgIpc) is 2.35. The first-order chi connectivity index (χ1) is 7.72. The normalized spacial score (nSPS) is 12.2. The van der Waals surface area contributed by atoms with Gasteiger partial charge in [-0.05, 0) is 29.7 Å². The molecule has 0 saturated heterocycles. The average molecular weight is 220 g/mol. The second-order valence-corrected chi connectivity index (χ2v) is 3.56. The third-order valence-electron chi connectivity index (χ3n) is 2.50. The SMILES string of the molecule is COC/C(CO)=C(\C)c1cccc(C=O)c1. The Kier molecular flexibility index (Phi) is 4.89. The van der Waals surface area contributed by atoms with Gasteiger partial charge in [-0.25, -0.2) is 0 Å². The standard InChI is InChI=1S/C13H16O3/c1-10(13(8-15)9-16-2)12-5-3-4-11(6-12)7-14/h3-7,15H,8-9H2,1-2H3/b13-10+. The molecule has 1 aromatic carbocycles. The van der Waals surface area contributed by atoms with E-state index in [1.807, 2.05) is 19.1 Å².